The molecule has 0 saturated carbocycles. The van der Waals surface area contributed by atoms with Crippen LogP contribution in [0, 0.1) is 0 Å². The normalized spacial score (nSPS) is 11.4. The molecule has 40 heavy (non-hydrogen) atoms. The summed E-state index contributed by atoms with van der Waals surface area (Å²) in [6.45, 7) is 4.00. The van der Waals surface area contributed by atoms with Crippen LogP contribution in [0.3, 0.4) is 0 Å². The summed E-state index contributed by atoms with van der Waals surface area (Å²) in [5, 5.41) is 25.5. The summed E-state index contributed by atoms with van der Waals surface area (Å²) < 4.78 is 38.1. The van der Waals surface area contributed by atoms with Crippen molar-refractivity contribution in [2.45, 2.75) is 25.2 Å². The van der Waals surface area contributed by atoms with Crippen LogP contribution in [0.4, 0.5) is 17.1 Å². The summed E-state index contributed by atoms with van der Waals surface area (Å²) in [5.74, 6) is -0.867. The van der Waals surface area contributed by atoms with E-state index in [1.165, 1.54) is 24.3 Å². The zero-order valence-electron chi connectivity index (χ0n) is 21.7. The monoisotopic (exact) mass is 609 g/mol. The minimum atomic E-state index is -4.55. The molecule has 0 saturated heterocycles. The van der Waals surface area contributed by atoms with E-state index in [2.05, 4.69) is 15.5 Å². The zero-order valence-corrected chi connectivity index (χ0v) is 26.1. The van der Waals surface area contributed by atoms with Gasteiger partial charge in [0.25, 0.3) is 16.0 Å². The molecule has 0 aliphatic rings. The number of nitrogens with one attached hydrogen (secondary N) is 1. The standard InChI is InChI=1S/C27H23Cl2N3O6S.Na/c1-3-15-12-24(39(35,36)37)21(29)14-22(15)31-32-25-18-8-6-5-7-16(18)11-19(26(25)33)27(34)30-17-9-10-23(38-4-2)20(28)13-17;/h5-14,33H,3-4H2,1-2H3,(H,30,34)(H,35,36,37);/q;+1/p-1. The Bertz CT molecular complexity index is 1730. The molecular weight excluding hydrogens is 588 g/mol. The third-order valence-corrected chi connectivity index (χ3v) is 7.37. The molecule has 0 unspecified atom stereocenters. The number of rotatable bonds is 8. The van der Waals surface area contributed by atoms with Crippen molar-refractivity contribution in [3.8, 4) is 11.5 Å². The quantitative estimate of drug-likeness (QED) is 0.175. The average molecular weight is 610 g/mol. The maximum absolute atomic E-state index is 13.4. The third kappa shape index (κ3) is 6.95. The van der Waals surface area contributed by atoms with Gasteiger partial charge in [-0.25, -0.2) is 0 Å². The minimum absolute atomic E-state index is 0. The molecule has 0 aliphatic heterocycles. The number of nitrogens with zero attached hydrogens (tertiary/aromatic N) is 2. The van der Waals surface area contributed by atoms with E-state index in [0.717, 1.165) is 0 Å². The van der Waals surface area contributed by atoms with E-state index in [-0.39, 0.29) is 51.5 Å². The number of azo groups is 1. The maximum Gasteiger partial charge on any atom is 1.00 e. The molecule has 0 aliphatic carbocycles. The average Bonchev–Trinajstić information content (AvgIpc) is 2.88. The number of hydrogen-bond donors (Lipinski definition) is 2. The first-order valence-corrected chi connectivity index (χ1v) is 13.9. The Morgan fingerprint density at radius 2 is 1.75 bits per heavy atom. The zero-order chi connectivity index (χ0) is 28.3. The Morgan fingerprint density at radius 1 is 1.02 bits per heavy atom. The van der Waals surface area contributed by atoms with Crippen molar-refractivity contribution in [2.24, 2.45) is 10.2 Å². The molecular formula is C27H22Cl2N3NaO6S. The molecule has 0 aromatic heterocycles. The molecule has 9 nitrogen and oxygen atoms in total. The smallest absolute Gasteiger partial charge is 0.870 e. The first kappa shape index (κ1) is 31.8. The van der Waals surface area contributed by atoms with E-state index in [1.54, 1.807) is 43.3 Å². The molecule has 0 spiro atoms. The molecule has 1 amide bonds. The van der Waals surface area contributed by atoms with Gasteiger partial charge in [-0.1, -0.05) is 60.1 Å². The van der Waals surface area contributed by atoms with Gasteiger partial charge in [0.1, 0.15) is 10.6 Å². The van der Waals surface area contributed by atoms with Crippen molar-refractivity contribution in [2.75, 3.05) is 11.9 Å². The van der Waals surface area contributed by atoms with E-state index in [1.807, 2.05) is 6.92 Å². The van der Waals surface area contributed by atoms with E-state index in [0.29, 0.717) is 45.8 Å². The van der Waals surface area contributed by atoms with Crippen LogP contribution in [-0.4, -0.2) is 25.5 Å². The maximum atomic E-state index is 13.4. The molecule has 0 radical (unpaired) electrons. The van der Waals surface area contributed by atoms with Gasteiger partial charge in [-0.2, -0.15) is 18.6 Å². The molecule has 0 bridgehead atoms. The van der Waals surface area contributed by atoms with Crippen molar-refractivity contribution in [3.05, 3.63) is 81.8 Å². The van der Waals surface area contributed by atoms with Crippen molar-refractivity contribution in [1.29, 1.82) is 0 Å². The predicted octanol–water partition coefficient (Wildman–Crippen LogP) is 4.10. The summed E-state index contributed by atoms with van der Waals surface area (Å²) in [6, 6.07) is 15.5. The number of aryl methyl sites for hydroxylation is 1. The fourth-order valence-corrected chi connectivity index (χ4v) is 5.17. The van der Waals surface area contributed by atoms with E-state index in [9.17, 15) is 22.9 Å². The second-order valence-corrected chi connectivity index (χ2v) is 10.5. The van der Waals surface area contributed by atoms with Gasteiger partial charge in [0, 0.05) is 16.6 Å². The summed E-state index contributed by atoms with van der Waals surface area (Å²) in [7, 11) is -4.55. The summed E-state index contributed by atoms with van der Waals surface area (Å²) in [6.07, 6.45) is 0.339. The molecule has 4 aromatic rings. The Morgan fingerprint density at radius 3 is 2.40 bits per heavy atom. The Labute approximate surface area is 263 Å². The fraction of sp³-hybridized carbons (Fsp3) is 0.148. The van der Waals surface area contributed by atoms with Gasteiger partial charge >= 0.3 is 29.6 Å². The molecule has 13 heteroatoms. The second-order valence-electron chi connectivity index (χ2n) is 8.30. The Hall–Kier alpha value is -2.70. The number of anilines is 1. The van der Waals surface area contributed by atoms with Gasteiger partial charge in [0.05, 0.1) is 28.0 Å². The number of hydrogen-bond acceptors (Lipinski definition) is 7. The van der Waals surface area contributed by atoms with E-state index >= 15 is 0 Å². The SMILES string of the molecule is CCOc1ccc(NC(=O)c2cc3ccccc3c(N=Nc3cc(Cl)c(S(=O)(=O)O)cc3CC)c2[O-])cc1Cl.[Na+]. The third-order valence-electron chi connectivity index (χ3n) is 5.76. The number of amides is 1. The number of halogens is 2. The Balaban J connectivity index is 0.00000441. The molecule has 0 fully saturated rings. The number of carbonyl (C=O) groups is 1. The number of fused-ring (bicyclic) bond motifs is 1. The number of carbonyl (C=O) groups excluding carboxylic acids is 1. The van der Waals surface area contributed by atoms with Crippen molar-refractivity contribution in [3.63, 3.8) is 0 Å². The second kappa shape index (κ2) is 13.3. The van der Waals surface area contributed by atoms with Crippen LogP contribution in [0.1, 0.15) is 29.8 Å². The molecule has 202 valence electrons. The van der Waals surface area contributed by atoms with Crippen molar-refractivity contribution < 1.29 is 57.2 Å². The van der Waals surface area contributed by atoms with Gasteiger partial charge < -0.3 is 15.2 Å². The van der Waals surface area contributed by atoms with Crippen LogP contribution in [-0.2, 0) is 16.5 Å². The van der Waals surface area contributed by atoms with Crippen LogP contribution in [0.5, 0.6) is 11.5 Å². The first-order valence-electron chi connectivity index (χ1n) is 11.7. The van der Waals surface area contributed by atoms with Crippen LogP contribution >= 0.6 is 23.2 Å². The summed E-state index contributed by atoms with van der Waals surface area (Å²) in [5.41, 5.74) is 0.750. The largest absolute Gasteiger partial charge is 1.00 e. The van der Waals surface area contributed by atoms with Gasteiger partial charge in [-0.05, 0) is 60.7 Å². The van der Waals surface area contributed by atoms with Crippen LogP contribution < -0.4 is 44.7 Å². The molecule has 0 atom stereocenters. The molecule has 2 N–H and O–H groups in total. The fourth-order valence-electron chi connectivity index (χ4n) is 3.89. The van der Waals surface area contributed by atoms with Gasteiger partial charge in [-0.3, -0.25) is 9.35 Å². The van der Waals surface area contributed by atoms with Gasteiger partial charge in [0.2, 0.25) is 0 Å². The molecule has 4 aromatic carbocycles. The van der Waals surface area contributed by atoms with Crippen molar-refractivity contribution in [1.82, 2.24) is 0 Å². The first-order chi connectivity index (χ1) is 18.5. The van der Waals surface area contributed by atoms with Crippen molar-refractivity contribution >= 4 is 67.1 Å². The summed E-state index contributed by atoms with van der Waals surface area (Å²) in [4.78, 5) is 12.7. The van der Waals surface area contributed by atoms with E-state index in [4.69, 9.17) is 27.9 Å². The van der Waals surface area contributed by atoms with Crippen LogP contribution in [0.2, 0.25) is 10.0 Å². The van der Waals surface area contributed by atoms with E-state index < -0.39 is 26.7 Å². The molecule has 0 heterocycles. The number of ether oxygens (including phenoxy) is 1. The minimum Gasteiger partial charge on any atom is -0.870 e. The summed E-state index contributed by atoms with van der Waals surface area (Å²) >= 11 is 12.3. The number of benzene rings is 4. The van der Waals surface area contributed by atoms with Gasteiger partial charge in [-0.15, -0.1) is 0 Å². The van der Waals surface area contributed by atoms with Crippen LogP contribution in [0.25, 0.3) is 10.8 Å². The van der Waals surface area contributed by atoms with Gasteiger partial charge in [0.15, 0.2) is 0 Å². The topological polar surface area (TPSA) is 140 Å². The van der Waals surface area contributed by atoms with Crippen LogP contribution in [0.15, 0.2) is 75.8 Å². The Kier molecular flexibility index (Phi) is 10.6. The predicted molar refractivity (Wildman–Crippen MR) is 149 cm³/mol. The molecule has 4 rings (SSSR count).